The summed E-state index contributed by atoms with van der Waals surface area (Å²) in [6.07, 6.45) is 2.49. The van der Waals surface area contributed by atoms with Crippen LogP contribution < -0.4 is 16.2 Å². The van der Waals surface area contributed by atoms with E-state index in [9.17, 15) is 14.4 Å². The highest BCUT2D eigenvalue weighted by Gasteiger charge is 2.35. The number of aromatic nitrogens is 2. The molecule has 220 valence electrons. The van der Waals surface area contributed by atoms with Crippen molar-refractivity contribution in [3.63, 3.8) is 0 Å². The summed E-state index contributed by atoms with van der Waals surface area (Å²) in [6.45, 7) is 2.10. The van der Waals surface area contributed by atoms with Crippen molar-refractivity contribution in [2.45, 2.75) is 44.8 Å². The van der Waals surface area contributed by atoms with E-state index in [1.807, 2.05) is 25.1 Å². The number of nitrogens with zero attached hydrogens (tertiary/aromatic N) is 3. The lowest BCUT2D eigenvalue weighted by Gasteiger charge is -2.35. The Labute approximate surface area is 259 Å². The molecule has 0 radical (unpaired) electrons. The molecule has 1 saturated carbocycles. The maximum Gasteiger partial charge on any atom is 0.263 e. The minimum atomic E-state index is -0.254. The van der Waals surface area contributed by atoms with Crippen LogP contribution in [0.1, 0.15) is 63.3 Å². The highest BCUT2D eigenvalue weighted by atomic mass is 35.5. The van der Waals surface area contributed by atoms with Gasteiger partial charge >= 0.3 is 0 Å². The zero-order chi connectivity index (χ0) is 30.2. The van der Waals surface area contributed by atoms with E-state index in [1.165, 1.54) is 0 Å². The molecule has 6 rings (SSSR count). The van der Waals surface area contributed by atoms with Gasteiger partial charge in [-0.05, 0) is 80.1 Å². The first-order valence-corrected chi connectivity index (χ1v) is 15.1. The number of halogens is 2. The molecule has 0 bridgehead atoms. The lowest BCUT2D eigenvalue weighted by Crippen LogP contribution is -2.46. The standard InChI is InChI=1S/C33H31Cl2N5O3/c1-19-16-25-28(18-39(19)31(42)23-12-15-26(34)27(35)17-23)37-33(38-29(21-8-9-21)20-6-4-3-5-7-20)40(32(25)43)24-13-10-22(11-14-24)30(41)36-2/h3-7,10-15,17,19,21,29H,8-9,16,18H2,1-2H3,(H,36,41)(H,37,38)/t19-,29-/m1/s1. The van der Waals surface area contributed by atoms with Gasteiger partial charge in [0, 0.05) is 29.8 Å². The quantitative estimate of drug-likeness (QED) is 0.264. The molecule has 0 saturated heterocycles. The first-order chi connectivity index (χ1) is 20.7. The first kappa shape index (κ1) is 29.0. The van der Waals surface area contributed by atoms with Crippen LogP contribution >= 0.6 is 23.2 Å². The number of benzene rings is 3. The van der Waals surface area contributed by atoms with Gasteiger partial charge in [-0.2, -0.15) is 0 Å². The van der Waals surface area contributed by atoms with Crippen molar-refractivity contribution in [2.24, 2.45) is 5.92 Å². The molecule has 1 aliphatic heterocycles. The molecule has 1 aromatic heterocycles. The molecule has 0 unspecified atom stereocenters. The molecule has 10 heteroatoms. The predicted octanol–water partition coefficient (Wildman–Crippen LogP) is 6.05. The third-order valence-electron chi connectivity index (χ3n) is 8.19. The minimum Gasteiger partial charge on any atom is -0.355 e. The average Bonchev–Trinajstić information content (AvgIpc) is 3.87. The first-order valence-electron chi connectivity index (χ1n) is 14.3. The third kappa shape index (κ3) is 5.77. The van der Waals surface area contributed by atoms with Crippen molar-refractivity contribution in [1.29, 1.82) is 0 Å². The number of nitrogens with one attached hydrogen (secondary N) is 2. The number of hydrogen-bond acceptors (Lipinski definition) is 5. The molecular weight excluding hydrogens is 585 g/mol. The fraction of sp³-hybridized carbons (Fsp3) is 0.273. The van der Waals surface area contributed by atoms with E-state index in [0.717, 1.165) is 18.4 Å². The summed E-state index contributed by atoms with van der Waals surface area (Å²) in [5, 5.41) is 6.91. The molecule has 3 aromatic carbocycles. The van der Waals surface area contributed by atoms with Crippen LogP contribution in [0.2, 0.25) is 10.0 Å². The van der Waals surface area contributed by atoms with E-state index in [0.29, 0.717) is 56.4 Å². The monoisotopic (exact) mass is 615 g/mol. The summed E-state index contributed by atoms with van der Waals surface area (Å²) in [6, 6.07) is 21.6. The van der Waals surface area contributed by atoms with Gasteiger partial charge in [0.05, 0.1) is 34.0 Å². The molecule has 1 fully saturated rings. The topological polar surface area (TPSA) is 96.3 Å². The summed E-state index contributed by atoms with van der Waals surface area (Å²) >= 11 is 12.3. The molecule has 4 aromatic rings. The van der Waals surface area contributed by atoms with Crippen molar-refractivity contribution >= 4 is 41.0 Å². The van der Waals surface area contributed by atoms with Crippen LogP contribution in [0.15, 0.2) is 77.6 Å². The number of carbonyl (C=O) groups is 2. The second kappa shape index (κ2) is 11.9. The van der Waals surface area contributed by atoms with E-state index < -0.39 is 0 Å². The highest BCUT2D eigenvalue weighted by molar-refractivity contribution is 6.42. The number of anilines is 1. The molecule has 0 spiro atoms. The zero-order valence-electron chi connectivity index (χ0n) is 23.8. The SMILES string of the molecule is CNC(=O)c1ccc(-n2c(N[C@H](c3ccccc3)C3CC3)nc3c(c2=O)C[C@@H](C)N(C(=O)c2ccc(Cl)c(Cl)c2)C3)cc1. The van der Waals surface area contributed by atoms with E-state index in [1.54, 1.807) is 59.0 Å². The van der Waals surface area contributed by atoms with Crippen LogP contribution in [0, 0.1) is 5.92 Å². The van der Waals surface area contributed by atoms with Gasteiger partial charge in [-0.3, -0.25) is 14.4 Å². The van der Waals surface area contributed by atoms with Gasteiger partial charge in [-0.15, -0.1) is 0 Å². The van der Waals surface area contributed by atoms with Crippen LogP contribution in [-0.2, 0) is 13.0 Å². The van der Waals surface area contributed by atoms with Crippen molar-refractivity contribution in [3.8, 4) is 5.69 Å². The molecule has 8 nitrogen and oxygen atoms in total. The lowest BCUT2D eigenvalue weighted by atomic mass is 9.98. The molecule has 2 atom stereocenters. The van der Waals surface area contributed by atoms with Crippen molar-refractivity contribution in [1.82, 2.24) is 19.8 Å². The second-order valence-corrected chi connectivity index (χ2v) is 11.9. The number of hydrogen-bond donors (Lipinski definition) is 2. The Morgan fingerprint density at radius 1 is 0.953 bits per heavy atom. The largest absolute Gasteiger partial charge is 0.355 e. The molecule has 2 N–H and O–H groups in total. The van der Waals surface area contributed by atoms with Gasteiger partial charge < -0.3 is 15.5 Å². The maximum atomic E-state index is 14.3. The molecule has 2 amide bonds. The Hall–Kier alpha value is -4.14. The van der Waals surface area contributed by atoms with Gasteiger partial charge in [0.25, 0.3) is 17.4 Å². The van der Waals surface area contributed by atoms with Gasteiger partial charge in [0.2, 0.25) is 5.95 Å². The van der Waals surface area contributed by atoms with Crippen LogP contribution in [0.4, 0.5) is 5.95 Å². The van der Waals surface area contributed by atoms with Gasteiger partial charge in [-0.1, -0.05) is 53.5 Å². The Balaban J connectivity index is 1.43. The summed E-state index contributed by atoms with van der Waals surface area (Å²) in [5.74, 6) is 0.391. The Bertz CT molecular complexity index is 1750. The van der Waals surface area contributed by atoms with Gasteiger partial charge in [0.1, 0.15) is 0 Å². The molecule has 2 aliphatic rings. The molecule has 1 aliphatic carbocycles. The predicted molar refractivity (Wildman–Crippen MR) is 168 cm³/mol. The smallest absolute Gasteiger partial charge is 0.263 e. The summed E-state index contributed by atoms with van der Waals surface area (Å²) < 4.78 is 1.59. The summed E-state index contributed by atoms with van der Waals surface area (Å²) in [7, 11) is 1.58. The fourth-order valence-corrected chi connectivity index (χ4v) is 5.97. The number of carbonyl (C=O) groups excluding carboxylic acids is 2. The van der Waals surface area contributed by atoms with Crippen LogP contribution in [0.25, 0.3) is 5.69 Å². The summed E-state index contributed by atoms with van der Waals surface area (Å²) in [5.41, 5.74) is 3.55. The van der Waals surface area contributed by atoms with Crippen LogP contribution in [-0.4, -0.2) is 39.4 Å². The summed E-state index contributed by atoms with van der Waals surface area (Å²) in [4.78, 5) is 46.8. The fourth-order valence-electron chi connectivity index (χ4n) is 5.67. The van der Waals surface area contributed by atoms with Crippen molar-refractivity contribution in [2.75, 3.05) is 12.4 Å². The van der Waals surface area contributed by atoms with E-state index >= 15 is 0 Å². The number of rotatable bonds is 7. The van der Waals surface area contributed by atoms with E-state index in [2.05, 4.69) is 22.8 Å². The Morgan fingerprint density at radius 3 is 2.30 bits per heavy atom. The number of amides is 2. The lowest BCUT2D eigenvalue weighted by molar-refractivity contribution is 0.0653. The van der Waals surface area contributed by atoms with E-state index in [4.69, 9.17) is 28.2 Å². The second-order valence-electron chi connectivity index (χ2n) is 11.1. The average molecular weight is 617 g/mol. The van der Waals surface area contributed by atoms with Crippen molar-refractivity contribution in [3.05, 3.63) is 121 Å². The zero-order valence-corrected chi connectivity index (χ0v) is 25.3. The Kier molecular flexibility index (Phi) is 7.99. The van der Waals surface area contributed by atoms with Crippen LogP contribution in [0.3, 0.4) is 0 Å². The normalized spacial score (nSPS) is 16.7. The number of fused-ring (bicyclic) bond motifs is 1. The third-order valence-corrected chi connectivity index (χ3v) is 8.93. The van der Waals surface area contributed by atoms with Crippen LogP contribution in [0.5, 0.6) is 0 Å². The van der Waals surface area contributed by atoms with Gasteiger partial charge in [0.15, 0.2) is 0 Å². The molecule has 2 heterocycles. The molecular formula is C33H31Cl2N5O3. The maximum absolute atomic E-state index is 14.3. The highest BCUT2D eigenvalue weighted by Crippen LogP contribution is 2.43. The van der Waals surface area contributed by atoms with Crippen molar-refractivity contribution < 1.29 is 9.59 Å². The Morgan fingerprint density at radius 2 is 1.65 bits per heavy atom. The minimum absolute atomic E-state index is 0.0426. The van der Waals surface area contributed by atoms with E-state index in [-0.39, 0.29) is 36.0 Å². The molecule has 43 heavy (non-hydrogen) atoms. The van der Waals surface area contributed by atoms with Gasteiger partial charge in [-0.25, -0.2) is 9.55 Å².